The van der Waals surface area contributed by atoms with Gasteiger partial charge in [0.2, 0.25) is 11.8 Å². The molecule has 1 saturated heterocycles. The van der Waals surface area contributed by atoms with Gasteiger partial charge in [0, 0.05) is 16.3 Å². The molecule has 0 saturated carbocycles. The zero-order chi connectivity index (χ0) is 19.8. The van der Waals surface area contributed by atoms with Gasteiger partial charge in [0.25, 0.3) is 5.91 Å². The molecule has 0 unspecified atom stereocenters. The molecule has 0 radical (unpaired) electrons. The Morgan fingerprint density at radius 1 is 1.07 bits per heavy atom. The summed E-state index contributed by atoms with van der Waals surface area (Å²) in [6, 6.07) is 13.4. The molecule has 1 N–H and O–H groups in total. The average Bonchev–Trinajstić information content (AvgIpc) is 2.93. The molecule has 1 heterocycles. The molecular formula is C22H19ClN2O3. The maximum absolute atomic E-state index is 12.9. The standard InChI is InChI=1S/C22H19ClN2O3/c1-13-5-10-18-19(11-13)22(28)25(21(18)27)17-4-2-3-14(12-17)20(26)24-16-8-6-15(23)7-9-16/h2-9,12,18-19H,10-11H2,1H3,(H,24,26)/t18-,19-/m0/s1. The van der Waals surface area contributed by atoms with E-state index in [1.807, 2.05) is 13.0 Å². The van der Waals surface area contributed by atoms with Crippen LogP contribution in [0.5, 0.6) is 0 Å². The quantitative estimate of drug-likeness (QED) is 0.618. The topological polar surface area (TPSA) is 66.5 Å². The van der Waals surface area contributed by atoms with E-state index in [0.717, 1.165) is 5.57 Å². The summed E-state index contributed by atoms with van der Waals surface area (Å²) in [5, 5.41) is 3.37. The van der Waals surface area contributed by atoms with Crippen molar-refractivity contribution >= 4 is 40.7 Å². The average molecular weight is 395 g/mol. The van der Waals surface area contributed by atoms with E-state index in [1.165, 1.54) is 4.90 Å². The highest BCUT2D eigenvalue weighted by Gasteiger charge is 2.48. The van der Waals surface area contributed by atoms with Crippen molar-refractivity contribution in [3.8, 4) is 0 Å². The molecule has 1 aliphatic carbocycles. The molecule has 3 amide bonds. The lowest BCUT2D eigenvalue weighted by atomic mass is 9.82. The lowest BCUT2D eigenvalue weighted by molar-refractivity contribution is -0.122. The fourth-order valence-corrected chi connectivity index (χ4v) is 3.94. The monoisotopic (exact) mass is 394 g/mol. The number of halogens is 1. The zero-order valence-corrected chi connectivity index (χ0v) is 16.1. The second kappa shape index (κ2) is 7.24. The van der Waals surface area contributed by atoms with Gasteiger partial charge in [-0.2, -0.15) is 0 Å². The van der Waals surface area contributed by atoms with E-state index in [2.05, 4.69) is 5.32 Å². The fourth-order valence-electron chi connectivity index (χ4n) is 3.81. The van der Waals surface area contributed by atoms with Crippen molar-refractivity contribution in [3.63, 3.8) is 0 Å². The molecule has 2 aliphatic rings. The number of carbonyl (C=O) groups is 3. The summed E-state index contributed by atoms with van der Waals surface area (Å²) in [6.45, 7) is 1.98. The maximum atomic E-state index is 12.9. The van der Waals surface area contributed by atoms with E-state index in [4.69, 9.17) is 11.6 Å². The first-order valence-corrected chi connectivity index (χ1v) is 9.52. The predicted molar refractivity (Wildman–Crippen MR) is 108 cm³/mol. The summed E-state index contributed by atoms with van der Waals surface area (Å²) >= 11 is 5.86. The van der Waals surface area contributed by atoms with Crippen LogP contribution in [0.25, 0.3) is 0 Å². The Bertz CT molecular complexity index is 997. The first kappa shape index (κ1) is 18.4. The van der Waals surface area contributed by atoms with Gasteiger partial charge in [-0.05, 0) is 62.2 Å². The molecule has 4 rings (SSSR count). The Morgan fingerprint density at radius 3 is 2.54 bits per heavy atom. The summed E-state index contributed by atoms with van der Waals surface area (Å²) in [4.78, 5) is 39.5. The van der Waals surface area contributed by atoms with Gasteiger partial charge in [-0.25, -0.2) is 0 Å². The molecule has 2 atom stereocenters. The SMILES string of the molecule is CC1=CC[C@@H]2C(=O)N(c3cccc(C(=O)Nc4ccc(Cl)cc4)c3)C(=O)[C@H]2C1. The van der Waals surface area contributed by atoms with Gasteiger partial charge in [-0.1, -0.05) is 29.3 Å². The number of hydrogen-bond donors (Lipinski definition) is 1. The second-order valence-electron chi connectivity index (χ2n) is 7.23. The van der Waals surface area contributed by atoms with E-state index < -0.39 is 0 Å². The Kier molecular flexibility index (Phi) is 4.77. The Labute approximate surface area is 168 Å². The van der Waals surface area contributed by atoms with Crippen LogP contribution in [0.2, 0.25) is 5.02 Å². The summed E-state index contributed by atoms with van der Waals surface area (Å²) in [7, 11) is 0. The van der Waals surface area contributed by atoms with Crippen LogP contribution in [0.15, 0.2) is 60.2 Å². The third-order valence-corrected chi connectivity index (χ3v) is 5.54. The molecule has 2 aromatic rings. The number of imide groups is 1. The van der Waals surface area contributed by atoms with Crippen LogP contribution < -0.4 is 10.2 Å². The number of nitrogens with one attached hydrogen (secondary N) is 1. The van der Waals surface area contributed by atoms with Crippen molar-refractivity contribution in [2.45, 2.75) is 19.8 Å². The number of rotatable bonds is 3. The summed E-state index contributed by atoms with van der Waals surface area (Å²) < 4.78 is 0. The second-order valence-corrected chi connectivity index (χ2v) is 7.66. The van der Waals surface area contributed by atoms with Gasteiger partial charge in [-0.3, -0.25) is 19.3 Å². The summed E-state index contributed by atoms with van der Waals surface area (Å²) in [5.41, 5.74) is 2.56. The normalized spacial score (nSPS) is 21.4. The fraction of sp³-hybridized carbons (Fsp3) is 0.227. The summed E-state index contributed by atoms with van der Waals surface area (Å²) in [5.74, 6) is -1.29. The third kappa shape index (κ3) is 3.34. The van der Waals surface area contributed by atoms with Gasteiger partial charge in [0.05, 0.1) is 17.5 Å². The molecule has 0 bridgehead atoms. The van der Waals surface area contributed by atoms with E-state index in [0.29, 0.717) is 34.8 Å². The number of carbonyl (C=O) groups excluding carboxylic acids is 3. The van der Waals surface area contributed by atoms with Crippen LogP contribution in [0.3, 0.4) is 0 Å². The van der Waals surface area contributed by atoms with Crippen molar-refractivity contribution in [2.75, 3.05) is 10.2 Å². The molecule has 0 aromatic heterocycles. The highest BCUT2D eigenvalue weighted by Crippen LogP contribution is 2.39. The molecule has 6 heteroatoms. The summed E-state index contributed by atoms with van der Waals surface area (Å²) in [6.07, 6.45) is 3.24. The molecule has 5 nitrogen and oxygen atoms in total. The van der Waals surface area contributed by atoms with Crippen molar-refractivity contribution in [1.29, 1.82) is 0 Å². The lowest BCUT2D eigenvalue weighted by Gasteiger charge is -2.18. The molecule has 2 aromatic carbocycles. The third-order valence-electron chi connectivity index (χ3n) is 5.29. The number of amides is 3. The van der Waals surface area contributed by atoms with Gasteiger partial charge in [0.1, 0.15) is 0 Å². The van der Waals surface area contributed by atoms with E-state index in [1.54, 1.807) is 48.5 Å². The van der Waals surface area contributed by atoms with Crippen LogP contribution in [-0.2, 0) is 9.59 Å². The highest BCUT2D eigenvalue weighted by atomic mass is 35.5. The van der Waals surface area contributed by atoms with Crippen molar-refractivity contribution in [3.05, 3.63) is 70.8 Å². The zero-order valence-electron chi connectivity index (χ0n) is 15.3. The predicted octanol–water partition coefficient (Wildman–Crippen LogP) is 4.44. The van der Waals surface area contributed by atoms with Crippen molar-refractivity contribution < 1.29 is 14.4 Å². The van der Waals surface area contributed by atoms with Crippen LogP contribution in [0, 0.1) is 11.8 Å². The number of nitrogens with zero attached hydrogens (tertiary/aromatic N) is 1. The van der Waals surface area contributed by atoms with E-state index in [9.17, 15) is 14.4 Å². The van der Waals surface area contributed by atoms with Gasteiger partial charge < -0.3 is 5.32 Å². The minimum absolute atomic E-state index is 0.183. The Hall–Kier alpha value is -2.92. The van der Waals surface area contributed by atoms with Crippen molar-refractivity contribution in [2.24, 2.45) is 11.8 Å². The molecule has 142 valence electrons. The number of anilines is 2. The lowest BCUT2D eigenvalue weighted by Crippen LogP contribution is -2.31. The van der Waals surface area contributed by atoms with Gasteiger partial charge in [-0.15, -0.1) is 0 Å². The maximum Gasteiger partial charge on any atom is 0.255 e. The number of allylic oxidation sites excluding steroid dienone is 2. The smallest absolute Gasteiger partial charge is 0.255 e. The van der Waals surface area contributed by atoms with Crippen LogP contribution in [0.1, 0.15) is 30.1 Å². The van der Waals surface area contributed by atoms with Crippen LogP contribution in [0.4, 0.5) is 11.4 Å². The first-order valence-electron chi connectivity index (χ1n) is 9.14. The largest absolute Gasteiger partial charge is 0.322 e. The van der Waals surface area contributed by atoms with Gasteiger partial charge >= 0.3 is 0 Å². The molecule has 0 spiro atoms. The number of hydrogen-bond acceptors (Lipinski definition) is 3. The first-order chi connectivity index (χ1) is 13.4. The number of fused-ring (bicyclic) bond motifs is 1. The highest BCUT2D eigenvalue weighted by molar-refractivity contribution is 6.30. The van der Waals surface area contributed by atoms with E-state index >= 15 is 0 Å². The molecule has 1 aliphatic heterocycles. The Morgan fingerprint density at radius 2 is 1.79 bits per heavy atom. The molecule has 28 heavy (non-hydrogen) atoms. The molecular weight excluding hydrogens is 376 g/mol. The Balaban J connectivity index is 1.57. The van der Waals surface area contributed by atoms with Crippen LogP contribution in [-0.4, -0.2) is 17.7 Å². The van der Waals surface area contributed by atoms with Gasteiger partial charge in [0.15, 0.2) is 0 Å². The van der Waals surface area contributed by atoms with E-state index in [-0.39, 0.29) is 29.6 Å². The number of benzene rings is 2. The van der Waals surface area contributed by atoms with Crippen LogP contribution >= 0.6 is 11.6 Å². The van der Waals surface area contributed by atoms with Crippen molar-refractivity contribution in [1.82, 2.24) is 0 Å². The molecule has 1 fully saturated rings. The minimum Gasteiger partial charge on any atom is -0.322 e. The minimum atomic E-state index is -0.321.